The molecule has 0 saturated heterocycles. The quantitative estimate of drug-likeness (QED) is 0.109. The van der Waals surface area contributed by atoms with E-state index in [9.17, 15) is 14.4 Å². The molecular formula is C28H21N3O5S. The van der Waals surface area contributed by atoms with Crippen molar-refractivity contribution in [3.8, 4) is 5.75 Å². The maximum atomic E-state index is 12.8. The summed E-state index contributed by atoms with van der Waals surface area (Å²) in [6.07, 6.45) is 7.30. The van der Waals surface area contributed by atoms with Crippen LogP contribution in [0.4, 0.5) is 0 Å². The molecule has 184 valence electrons. The lowest BCUT2D eigenvalue weighted by molar-refractivity contribution is -0.128. The van der Waals surface area contributed by atoms with Crippen LogP contribution >= 0.6 is 11.3 Å². The number of hydrogen-bond donors (Lipinski definition) is 2. The van der Waals surface area contributed by atoms with Crippen molar-refractivity contribution >= 4 is 47.5 Å². The first-order chi connectivity index (χ1) is 18.1. The predicted molar refractivity (Wildman–Crippen MR) is 142 cm³/mol. The van der Waals surface area contributed by atoms with Gasteiger partial charge in [-0.1, -0.05) is 24.3 Å². The zero-order valence-electron chi connectivity index (χ0n) is 19.4. The summed E-state index contributed by atoms with van der Waals surface area (Å²) in [6.45, 7) is 0. The molecule has 0 aliphatic carbocycles. The zero-order valence-corrected chi connectivity index (χ0v) is 20.2. The molecule has 0 bridgehead atoms. The highest BCUT2D eigenvalue weighted by atomic mass is 32.1. The topological polar surface area (TPSA) is 110 Å². The molecule has 9 heteroatoms. The molecule has 4 aromatic rings. The van der Waals surface area contributed by atoms with E-state index in [2.05, 4.69) is 15.8 Å². The molecule has 2 amide bonds. The van der Waals surface area contributed by atoms with Crippen LogP contribution in [0.3, 0.4) is 0 Å². The predicted octanol–water partition coefficient (Wildman–Crippen LogP) is 4.88. The molecule has 2 heterocycles. The summed E-state index contributed by atoms with van der Waals surface area (Å²) in [4.78, 5) is 38.1. The third kappa shape index (κ3) is 7.74. The van der Waals surface area contributed by atoms with Crippen molar-refractivity contribution < 1.29 is 23.5 Å². The molecule has 4 rings (SSSR count). The maximum Gasteiger partial charge on any atom is 0.336 e. The molecule has 37 heavy (non-hydrogen) atoms. The van der Waals surface area contributed by atoms with E-state index in [1.54, 1.807) is 72.8 Å². The van der Waals surface area contributed by atoms with Crippen LogP contribution in [-0.4, -0.2) is 24.0 Å². The van der Waals surface area contributed by atoms with Gasteiger partial charge in [0.1, 0.15) is 17.2 Å². The van der Waals surface area contributed by atoms with Crippen molar-refractivity contribution in [3.63, 3.8) is 0 Å². The first kappa shape index (κ1) is 25.1. The van der Waals surface area contributed by atoms with Crippen LogP contribution in [0.5, 0.6) is 5.75 Å². The molecule has 2 N–H and O–H groups in total. The Morgan fingerprint density at radius 3 is 2.43 bits per heavy atom. The summed E-state index contributed by atoms with van der Waals surface area (Å²) >= 11 is 1.43. The number of thiophene rings is 1. The van der Waals surface area contributed by atoms with Gasteiger partial charge in [0, 0.05) is 16.5 Å². The maximum absolute atomic E-state index is 12.8. The fourth-order valence-electron chi connectivity index (χ4n) is 2.99. The fourth-order valence-corrected chi connectivity index (χ4v) is 3.65. The number of carbonyl (C=O) groups excluding carboxylic acids is 3. The van der Waals surface area contributed by atoms with Gasteiger partial charge in [-0.05, 0) is 77.7 Å². The first-order valence-electron chi connectivity index (χ1n) is 11.1. The minimum atomic E-state index is -0.581. The second-order valence-electron chi connectivity index (χ2n) is 7.43. The fraction of sp³-hybridized carbons (Fsp3) is 0. The van der Waals surface area contributed by atoms with Crippen LogP contribution in [0.1, 0.15) is 26.6 Å². The van der Waals surface area contributed by atoms with Crippen molar-refractivity contribution in [2.24, 2.45) is 5.10 Å². The Morgan fingerprint density at radius 2 is 1.73 bits per heavy atom. The molecule has 2 aromatic carbocycles. The molecular weight excluding hydrogens is 490 g/mol. The molecule has 8 nitrogen and oxygen atoms in total. The minimum Gasteiger partial charge on any atom is -0.465 e. The van der Waals surface area contributed by atoms with Crippen LogP contribution in [-0.2, 0) is 9.59 Å². The van der Waals surface area contributed by atoms with E-state index in [0.717, 1.165) is 4.88 Å². The number of hydrazone groups is 1. The van der Waals surface area contributed by atoms with Crippen LogP contribution < -0.4 is 15.5 Å². The van der Waals surface area contributed by atoms with Gasteiger partial charge in [-0.3, -0.25) is 9.59 Å². The molecule has 0 saturated carbocycles. The number of nitrogens with zero attached hydrogens (tertiary/aromatic N) is 1. The average molecular weight is 512 g/mol. The molecule has 0 aliphatic heterocycles. The van der Waals surface area contributed by atoms with Gasteiger partial charge < -0.3 is 14.5 Å². The molecule has 0 aliphatic rings. The normalized spacial score (nSPS) is 11.5. The number of hydrogen-bond acceptors (Lipinski definition) is 7. The van der Waals surface area contributed by atoms with Crippen molar-refractivity contribution in [3.05, 3.63) is 124 Å². The standard InChI is InChI=1S/C28H21N3O5S/c32-26(15-14-22-8-4-16-35-22)36-23-12-10-20(11-13-23)19-29-31-28(34)25(18-24-9-5-17-37-24)30-27(33)21-6-2-1-3-7-21/h1-19H,(H,30,33)(H,31,34)/b15-14-,25-18-,29-19?. The van der Waals surface area contributed by atoms with Crippen molar-refractivity contribution in [1.29, 1.82) is 0 Å². The summed E-state index contributed by atoms with van der Waals surface area (Å²) in [5, 5.41) is 8.50. The smallest absolute Gasteiger partial charge is 0.336 e. The summed E-state index contributed by atoms with van der Waals surface area (Å²) in [7, 11) is 0. The highest BCUT2D eigenvalue weighted by Gasteiger charge is 2.14. The van der Waals surface area contributed by atoms with Crippen molar-refractivity contribution in [2.45, 2.75) is 0 Å². The van der Waals surface area contributed by atoms with Gasteiger partial charge in [0.15, 0.2) is 0 Å². The van der Waals surface area contributed by atoms with E-state index in [1.165, 1.54) is 36.0 Å². The monoisotopic (exact) mass is 511 g/mol. The molecule has 2 aromatic heterocycles. The highest BCUT2D eigenvalue weighted by Crippen LogP contribution is 2.14. The Morgan fingerprint density at radius 1 is 0.919 bits per heavy atom. The Balaban J connectivity index is 1.35. The average Bonchev–Trinajstić information content (AvgIpc) is 3.63. The largest absolute Gasteiger partial charge is 0.465 e. The van der Waals surface area contributed by atoms with Gasteiger partial charge in [0.25, 0.3) is 11.8 Å². The van der Waals surface area contributed by atoms with E-state index in [4.69, 9.17) is 9.15 Å². The van der Waals surface area contributed by atoms with Gasteiger partial charge in [-0.2, -0.15) is 5.10 Å². The van der Waals surface area contributed by atoms with E-state index in [1.807, 2.05) is 17.5 Å². The lowest BCUT2D eigenvalue weighted by Gasteiger charge is -2.08. The number of amides is 2. The number of nitrogens with one attached hydrogen (secondary N) is 2. The number of esters is 1. The van der Waals surface area contributed by atoms with Gasteiger partial charge in [0.2, 0.25) is 0 Å². The molecule has 0 fully saturated rings. The second kappa shape index (κ2) is 12.6. The summed E-state index contributed by atoms with van der Waals surface area (Å²) in [5.74, 6) is -0.652. The number of ether oxygens (including phenoxy) is 1. The third-order valence-electron chi connectivity index (χ3n) is 4.76. The summed E-state index contributed by atoms with van der Waals surface area (Å²) < 4.78 is 10.4. The van der Waals surface area contributed by atoms with E-state index in [-0.39, 0.29) is 5.70 Å². The lowest BCUT2D eigenvalue weighted by atomic mass is 10.2. The van der Waals surface area contributed by atoms with Crippen LogP contribution in [0.25, 0.3) is 12.2 Å². The Bertz CT molecular complexity index is 1420. The van der Waals surface area contributed by atoms with Crippen LogP contribution in [0, 0.1) is 0 Å². The van der Waals surface area contributed by atoms with Gasteiger partial charge >= 0.3 is 5.97 Å². The zero-order chi connectivity index (χ0) is 25.9. The Labute approximate surface area is 216 Å². The summed E-state index contributed by atoms with van der Waals surface area (Å²) in [6, 6.07) is 22.3. The van der Waals surface area contributed by atoms with Crippen LogP contribution in [0.15, 0.2) is 112 Å². The summed E-state index contributed by atoms with van der Waals surface area (Å²) in [5.41, 5.74) is 3.56. The van der Waals surface area contributed by atoms with Crippen LogP contribution in [0.2, 0.25) is 0 Å². The highest BCUT2D eigenvalue weighted by molar-refractivity contribution is 7.10. The van der Waals surface area contributed by atoms with E-state index < -0.39 is 17.8 Å². The molecule has 0 unspecified atom stereocenters. The number of benzene rings is 2. The lowest BCUT2D eigenvalue weighted by Crippen LogP contribution is -2.32. The number of furan rings is 1. The third-order valence-corrected chi connectivity index (χ3v) is 5.58. The Hall–Kier alpha value is -5.02. The van der Waals surface area contributed by atoms with Crippen molar-refractivity contribution in [1.82, 2.24) is 10.7 Å². The molecule has 0 spiro atoms. The Kier molecular flexibility index (Phi) is 8.55. The van der Waals surface area contributed by atoms with Gasteiger partial charge in [-0.15, -0.1) is 11.3 Å². The SMILES string of the molecule is O=C(/C=C\c1ccco1)Oc1ccc(C=NNC(=O)/C(=C/c2cccs2)NC(=O)c2ccccc2)cc1. The number of rotatable bonds is 9. The van der Waals surface area contributed by atoms with Crippen molar-refractivity contribution in [2.75, 3.05) is 0 Å². The second-order valence-corrected chi connectivity index (χ2v) is 8.41. The van der Waals surface area contributed by atoms with Gasteiger partial charge in [0.05, 0.1) is 12.5 Å². The van der Waals surface area contributed by atoms with E-state index in [0.29, 0.717) is 22.6 Å². The molecule has 0 radical (unpaired) electrons. The number of carbonyl (C=O) groups is 3. The molecule has 0 atom stereocenters. The van der Waals surface area contributed by atoms with Gasteiger partial charge in [-0.25, -0.2) is 10.2 Å². The first-order valence-corrected chi connectivity index (χ1v) is 11.9. The van der Waals surface area contributed by atoms with E-state index >= 15 is 0 Å². The minimum absolute atomic E-state index is 0.0540.